The molecule has 0 fully saturated rings. The lowest BCUT2D eigenvalue weighted by molar-refractivity contribution is -0.139. The molecule has 124 valence electrons. The Balaban J connectivity index is 2.71. The van der Waals surface area contributed by atoms with Gasteiger partial charge in [0.2, 0.25) is 5.90 Å². The second kappa shape index (κ2) is 8.88. The van der Waals surface area contributed by atoms with Crippen molar-refractivity contribution in [1.29, 1.82) is 0 Å². The average Bonchev–Trinajstić information content (AvgIpc) is 2.46. The number of carbonyl (C=O) groups is 2. The predicted octanol–water partition coefficient (Wildman–Crippen LogP) is 0.602. The standard InChI is InChI=1S/C13H19NO8/c1-19-12-8(21-5-3-10(15)16)7-9(13(14-12)20-2)22-6-4-11(17)18/h8H,3-7H2,1-2H3,(H,15,16)(H,17,18). The Morgan fingerprint density at radius 3 is 2.32 bits per heavy atom. The Morgan fingerprint density at radius 2 is 1.77 bits per heavy atom. The third-order valence-corrected chi connectivity index (χ3v) is 2.73. The number of methoxy groups -OCH3 is 2. The van der Waals surface area contributed by atoms with Crippen LogP contribution in [0.5, 0.6) is 0 Å². The van der Waals surface area contributed by atoms with E-state index in [0.29, 0.717) is 5.76 Å². The average molecular weight is 317 g/mol. The maximum absolute atomic E-state index is 10.5. The van der Waals surface area contributed by atoms with Gasteiger partial charge in [0.25, 0.3) is 5.88 Å². The van der Waals surface area contributed by atoms with Gasteiger partial charge in [-0.1, -0.05) is 0 Å². The van der Waals surface area contributed by atoms with E-state index in [1.54, 1.807) is 0 Å². The first-order chi connectivity index (χ1) is 10.5. The molecule has 0 aromatic heterocycles. The lowest BCUT2D eigenvalue weighted by Gasteiger charge is -2.25. The largest absolute Gasteiger partial charge is 0.492 e. The highest BCUT2D eigenvalue weighted by atomic mass is 16.6. The van der Waals surface area contributed by atoms with Gasteiger partial charge in [0.1, 0.15) is 6.10 Å². The fraction of sp³-hybridized carbons (Fsp3) is 0.615. The first kappa shape index (κ1) is 17.8. The third-order valence-electron chi connectivity index (χ3n) is 2.73. The maximum Gasteiger partial charge on any atom is 0.306 e. The van der Waals surface area contributed by atoms with Gasteiger partial charge in [-0.25, -0.2) is 0 Å². The quantitative estimate of drug-likeness (QED) is 0.633. The van der Waals surface area contributed by atoms with Gasteiger partial charge in [-0.05, 0) is 0 Å². The van der Waals surface area contributed by atoms with Gasteiger partial charge in [0.15, 0.2) is 5.76 Å². The Hall–Kier alpha value is -2.29. The minimum atomic E-state index is -0.981. The van der Waals surface area contributed by atoms with Crippen LogP contribution in [0.15, 0.2) is 16.6 Å². The SMILES string of the molecule is COC1=NC(OC)=C(OCCC(=O)O)CC1OCCC(=O)O. The van der Waals surface area contributed by atoms with Crippen LogP contribution in [0.3, 0.4) is 0 Å². The highest BCUT2D eigenvalue weighted by Gasteiger charge is 2.29. The molecule has 1 heterocycles. The fourth-order valence-electron chi connectivity index (χ4n) is 1.71. The molecule has 9 nitrogen and oxygen atoms in total. The van der Waals surface area contributed by atoms with Crippen LogP contribution >= 0.6 is 0 Å². The minimum absolute atomic E-state index is 0.00684. The molecule has 0 saturated heterocycles. The van der Waals surface area contributed by atoms with Gasteiger partial charge in [0, 0.05) is 6.42 Å². The van der Waals surface area contributed by atoms with Crippen LogP contribution in [0.4, 0.5) is 0 Å². The monoisotopic (exact) mass is 317 g/mol. The molecule has 0 spiro atoms. The molecule has 9 heteroatoms. The minimum Gasteiger partial charge on any atom is -0.492 e. The van der Waals surface area contributed by atoms with Gasteiger partial charge in [-0.2, -0.15) is 4.99 Å². The molecule has 1 atom stereocenters. The molecule has 0 radical (unpaired) electrons. The van der Waals surface area contributed by atoms with E-state index >= 15 is 0 Å². The van der Waals surface area contributed by atoms with E-state index in [9.17, 15) is 9.59 Å². The van der Waals surface area contributed by atoms with Crippen molar-refractivity contribution < 1.29 is 38.7 Å². The number of aliphatic carboxylic acids is 2. The van der Waals surface area contributed by atoms with E-state index in [2.05, 4.69) is 4.99 Å². The molecule has 0 aromatic carbocycles. The summed E-state index contributed by atoms with van der Waals surface area (Å²) < 4.78 is 21.0. The van der Waals surface area contributed by atoms with Crippen molar-refractivity contribution in [3.05, 3.63) is 11.6 Å². The predicted molar refractivity (Wildman–Crippen MR) is 73.3 cm³/mol. The van der Waals surface area contributed by atoms with Crippen LogP contribution in [0.25, 0.3) is 0 Å². The molecule has 1 aliphatic heterocycles. The van der Waals surface area contributed by atoms with Crippen LogP contribution in [0, 0.1) is 0 Å². The fourth-order valence-corrected chi connectivity index (χ4v) is 1.71. The Kier molecular flexibility index (Phi) is 7.17. The normalized spacial score (nSPS) is 17.7. The highest BCUT2D eigenvalue weighted by Crippen LogP contribution is 2.24. The first-order valence-corrected chi connectivity index (χ1v) is 6.55. The van der Waals surface area contributed by atoms with Crippen molar-refractivity contribution in [1.82, 2.24) is 0 Å². The van der Waals surface area contributed by atoms with Crippen LogP contribution in [-0.2, 0) is 28.5 Å². The number of carboxylic acids is 2. The van der Waals surface area contributed by atoms with Crippen LogP contribution in [0.2, 0.25) is 0 Å². The molecule has 22 heavy (non-hydrogen) atoms. The van der Waals surface area contributed by atoms with Gasteiger partial charge in [0.05, 0.1) is 40.3 Å². The molecule has 1 unspecified atom stereocenters. The molecule has 1 rings (SSSR count). The van der Waals surface area contributed by atoms with Crippen molar-refractivity contribution in [2.24, 2.45) is 4.99 Å². The zero-order chi connectivity index (χ0) is 16.5. The summed E-state index contributed by atoms with van der Waals surface area (Å²) in [4.78, 5) is 25.1. The summed E-state index contributed by atoms with van der Waals surface area (Å²) >= 11 is 0. The molecule has 0 aliphatic carbocycles. The van der Waals surface area contributed by atoms with E-state index < -0.39 is 18.0 Å². The molecular weight excluding hydrogens is 298 g/mol. The van der Waals surface area contributed by atoms with E-state index in [1.165, 1.54) is 14.2 Å². The van der Waals surface area contributed by atoms with Crippen molar-refractivity contribution in [2.75, 3.05) is 27.4 Å². The van der Waals surface area contributed by atoms with Gasteiger partial charge in [-0.3, -0.25) is 9.59 Å². The molecule has 2 N–H and O–H groups in total. The number of hydrogen-bond donors (Lipinski definition) is 2. The molecule has 1 aliphatic rings. The Bertz CT molecular complexity index is 471. The first-order valence-electron chi connectivity index (χ1n) is 6.55. The van der Waals surface area contributed by atoms with Crippen molar-refractivity contribution in [2.45, 2.75) is 25.4 Å². The van der Waals surface area contributed by atoms with E-state index in [1.807, 2.05) is 0 Å². The lowest BCUT2D eigenvalue weighted by atomic mass is 10.1. The summed E-state index contributed by atoms with van der Waals surface area (Å²) in [5.74, 6) is -1.19. The Morgan fingerprint density at radius 1 is 1.14 bits per heavy atom. The molecule has 0 amide bonds. The van der Waals surface area contributed by atoms with Crippen LogP contribution < -0.4 is 0 Å². The second-order valence-electron chi connectivity index (χ2n) is 4.29. The van der Waals surface area contributed by atoms with Crippen LogP contribution in [0.1, 0.15) is 19.3 Å². The summed E-state index contributed by atoms with van der Waals surface area (Å²) in [6, 6.07) is 0. The number of aliphatic imine (C=N–C) groups is 1. The third kappa shape index (κ3) is 5.60. The van der Waals surface area contributed by atoms with E-state index in [-0.39, 0.29) is 44.3 Å². The van der Waals surface area contributed by atoms with Crippen molar-refractivity contribution >= 4 is 17.8 Å². The highest BCUT2D eigenvalue weighted by molar-refractivity contribution is 5.83. The van der Waals surface area contributed by atoms with Crippen LogP contribution in [-0.4, -0.2) is 61.6 Å². The number of rotatable bonds is 9. The molecular formula is C13H19NO8. The molecule has 0 saturated carbocycles. The molecule has 0 bridgehead atoms. The van der Waals surface area contributed by atoms with Gasteiger partial charge in [-0.15, -0.1) is 0 Å². The van der Waals surface area contributed by atoms with Gasteiger partial charge >= 0.3 is 11.9 Å². The summed E-state index contributed by atoms with van der Waals surface area (Å²) in [7, 11) is 2.81. The Labute approximate surface area is 127 Å². The lowest BCUT2D eigenvalue weighted by Crippen LogP contribution is -2.31. The zero-order valence-corrected chi connectivity index (χ0v) is 12.4. The van der Waals surface area contributed by atoms with Crippen molar-refractivity contribution in [3.8, 4) is 0 Å². The smallest absolute Gasteiger partial charge is 0.306 e. The summed E-state index contributed by atoms with van der Waals surface area (Å²) in [6.07, 6.45) is -0.701. The number of nitrogens with zero attached hydrogens (tertiary/aromatic N) is 1. The summed E-state index contributed by atoms with van der Waals surface area (Å²) in [6.45, 7) is -0.0374. The number of hydrogen-bond acceptors (Lipinski definition) is 7. The summed E-state index contributed by atoms with van der Waals surface area (Å²) in [5, 5.41) is 17.2. The second-order valence-corrected chi connectivity index (χ2v) is 4.29. The number of carboxylic acid groups (broad SMARTS) is 2. The van der Waals surface area contributed by atoms with E-state index in [4.69, 9.17) is 29.2 Å². The topological polar surface area (TPSA) is 124 Å². The van der Waals surface area contributed by atoms with Crippen molar-refractivity contribution in [3.63, 3.8) is 0 Å². The molecule has 0 aromatic rings. The number of ether oxygens (including phenoxy) is 4. The maximum atomic E-state index is 10.5. The summed E-state index contributed by atoms with van der Waals surface area (Å²) in [5.41, 5.74) is 0. The van der Waals surface area contributed by atoms with Gasteiger partial charge < -0.3 is 29.2 Å². The van der Waals surface area contributed by atoms with E-state index in [0.717, 1.165) is 0 Å². The zero-order valence-electron chi connectivity index (χ0n) is 12.4.